The molecule has 2 aliphatic heterocycles. The van der Waals surface area contributed by atoms with Gasteiger partial charge < -0.3 is 15.4 Å². The molecule has 144 valence electrons. The number of rotatable bonds is 5. The first-order valence-electron chi connectivity index (χ1n) is 9.22. The van der Waals surface area contributed by atoms with Crippen LogP contribution in [0, 0.1) is 0 Å². The molecule has 2 aliphatic rings. The van der Waals surface area contributed by atoms with Crippen LogP contribution >= 0.6 is 0 Å². The van der Waals surface area contributed by atoms with E-state index >= 15 is 0 Å². The third kappa shape index (κ3) is 4.19. The van der Waals surface area contributed by atoms with Crippen molar-refractivity contribution in [3.05, 3.63) is 23.8 Å². The lowest BCUT2D eigenvalue weighted by Crippen LogP contribution is -2.36. The van der Waals surface area contributed by atoms with Crippen LogP contribution in [0.5, 0.6) is 5.75 Å². The second-order valence-corrected chi connectivity index (χ2v) is 8.75. The minimum absolute atomic E-state index is 0.0686. The Bertz CT molecular complexity index is 737. The van der Waals surface area contributed by atoms with E-state index in [1.165, 1.54) is 17.5 Å². The first-order chi connectivity index (χ1) is 12.5. The van der Waals surface area contributed by atoms with E-state index in [9.17, 15) is 13.2 Å². The average Bonchev–Trinajstić information content (AvgIpc) is 2.99. The first kappa shape index (κ1) is 19.1. The Balaban J connectivity index is 1.87. The topological polar surface area (TPSA) is 87.7 Å². The maximum atomic E-state index is 13.1. The Morgan fingerprint density at radius 3 is 2.58 bits per heavy atom. The van der Waals surface area contributed by atoms with Gasteiger partial charge in [0, 0.05) is 31.2 Å². The maximum Gasteiger partial charge on any atom is 0.251 e. The lowest BCUT2D eigenvalue weighted by Gasteiger charge is -2.22. The Labute approximate surface area is 155 Å². The van der Waals surface area contributed by atoms with Crippen LogP contribution in [0.4, 0.5) is 0 Å². The molecule has 26 heavy (non-hydrogen) atoms. The van der Waals surface area contributed by atoms with E-state index in [-0.39, 0.29) is 22.6 Å². The fraction of sp³-hybridized carbons (Fsp3) is 0.611. The summed E-state index contributed by atoms with van der Waals surface area (Å²) in [6.07, 6.45) is 4.68. The van der Waals surface area contributed by atoms with Gasteiger partial charge in [-0.1, -0.05) is 12.8 Å². The molecule has 1 aromatic carbocycles. The summed E-state index contributed by atoms with van der Waals surface area (Å²) in [6.45, 7) is 2.63. The molecule has 0 saturated carbocycles. The SMILES string of the molecule is COc1ccc(C(=O)NC2CCNC2)cc1S(=O)(=O)N1CCCCCC1. The number of nitrogens with zero attached hydrogens (tertiary/aromatic N) is 1. The number of carbonyl (C=O) groups excluding carboxylic acids is 1. The van der Waals surface area contributed by atoms with E-state index in [2.05, 4.69) is 10.6 Å². The fourth-order valence-electron chi connectivity index (χ4n) is 3.49. The quantitative estimate of drug-likeness (QED) is 0.804. The van der Waals surface area contributed by atoms with E-state index < -0.39 is 10.0 Å². The van der Waals surface area contributed by atoms with Crippen molar-refractivity contribution in [1.29, 1.82) is 0 Å². The van der Waals surface area contributed by atoms with Crippen LogP contribution < -0.4 is 15.4 Å². The molecule has 1 atom stereocenters. The van der Waals surface area contributed by atoms with Gasteiger partial charge in [0.05, 0.1) is 7.11 Å². The molecule has 0 spiro atoms. The highest BCUT2D eigenvalue weighted by atomic mass is 32.2. The number of ether oxygens (including phenoxy) is 1. The largest absolute Gasteiger partial charge is 0.495 e. The highest BCUT2D eigenvalue weighted by Crippen LogP contribution is 2.29. The van der Waals surface area contributed by atoms with Crippen molar-refractivity contribution in [1.82, 2.24) is 14.9 Å². The molecular weight excluding hydrogens is 354 g/mol. The van der Waals surface area contributed by atoms with E-state index in [1.807, 2.05) is 0 Å². The van der Waals surface area contributed by atoms with Gasteiger partial charge in [0.25, 0.3) is 5.91 Å². The average molecular weight is 381 g/mol. The van der Waals surface area contributed by atoms with Crippen molar-refractivity contribution in [2.45, 2.75) is 43.0 Å². The number of benzene rings is 1. The van der Waals surface area contributed by atoms with E-state index in [0.29, 0.717) is 18.7 Å². The molecule has 7 nitrogen and oxygen atoms in total. The van der Waals surface area contributed by atoms with Crippen molar-refractivity contribution in [3.63, 3.8) is 0 Å². The monoisotopic (exact) mass is 381 g/mol. The molecule has 1 unspecified atom stereocenters. The molecule has 2 N–H and O–H groups in total. The normalized spacial score (nSPS) is 22.0. The molecule has 2 saturated heterocycles. The molecule has 0 aliphatic carbocycles. The van der Waals surface area contributed by atoms with Crippen LogP contribution in [-0.2, 0) is 10.0 Å². The summed E-state index contributed by atoms with van der Waals surface area (Å²) in [4.78, 5) is 12.6. The Morgan fingerprint density at radius 1 is 1.23 bits per heavy atom. The Hall–Kier alpha value is -1.64. The first-order valence-corrected chi connectivity index (χ1v) is 10.7. The minimum Gasteiger partial charge on any atom is -0.495 e. The number of hydrogen-bond donors (Lipinski definition) is 2. The Morgan fingerprint density at radius 2 is 1.96 bits per heavy atom. The molecular formula is C18H27N3O4S. The minimum atomic E-state index is -3.70. The maximum absolute atomic E-state index is 13.1. The van der Waals surface area contributed by atoms with Crippen LogP contribution in [0.2, 0.25) is 0 Å². The molecule has 2 fully saturated rings. The predicted octanol–water partition coefficient (Wildman–Crippen LogP) is 1.35. The van der Waals surface area contributed by atoms with Crippen LogP contribution in [0.15, 0.2) is 23.1 Å². The number of hydrogen-bond acceptors (Lipinski definition) is 5. The molecule has 0 bridgehead atoms. The highest BCUT2D eigenvalue weighted by molar-refractivity contribution is 7.89. The van der Waals surface area contributed by atoms with Crippen molar-refractivity contribution < 1.29 is 17.9 Å². The second kappa shape index (κ2) is 8.37. The zero-order valence-corrected chi connectivity index (χ0v) is 16.0. The summed E-state index contributed by atoms with van der Waals surface area (Å²) in [6, 6.07) is 4.69. The number of carbonyl (C=O) groups is 1. The number of sulfonamides is 1. The summed E-state index contributed by atoms with van der Waals surface area (Å²) in [5, 5.41) is 6.14. The molecule has 1 aromatic rings. The summed E-state index contributed by atoms with van der Waals surface area (Å²) in [7, 11) is -2.25. The van der Waals surface area contributed by atoms with Crippen molar-refractivity contribution in [3.8, 4) is 5.75 Å². The molecule has 3 rings (SSSR count). The van der Waals surface area contributed by atoms with E-state index in [0.717, 1.165) is 45.2 Å². The van der Waals surface area contributed by atoms with Crippen LogP contribution in [0.3, 0.4) is 0 Å². The molecule has 1 amide bonds. The second-order valence-electron chi connectivity index (χ2n) is 6.85. The lowest BCUT2D eigenvalue weighted by atomic mass is 10.2. The third-order valence-electron chi connectivity index (χ3n) is 5.00. The molecule has 2 heterocycles. The van der Waals surface area contributed by atoms with Crippen LogP contribution in [0.1, 0.15) is 42.5 Å². The third-order valence-corrected chi connectivity index (χ3v) is 6.92. The van der Waals surface area contributed by atoms with Gasteiger partial charge in [0.2, 0.25) is 10.0 Å². The van der Waals surface area contributed by atoms with Gasteiger partial charge in [-0.15, -0.1) is 0 Å². The van der Waals surface area contributed by atoms with Crippen molar-refractivity contribution in [2.75, 3.05) is 33.3 Å². The zero-order chi connectivity index (χ0) is 18.6. The summed E-state index contributed by atoms with van der Waals surface area (Å²) in [5.74, 6) is 0.0157. The van der Waals surface area contributed by atoms with E-state index in [1.54, 1.807) is 12.1 Å². The van der Waals surface area contributed by atoms with Gasteiger partial charge in [0.1, 0.15) is 10.6 Å². The highest BCUT2D eigenvalue weighted by Gasteiger charge is 2.29. The standard InChI is InChI=1S/C18H27N3O4S/c1-25-16-7-6-14(18(22)20-15-8-9-19-13-15)12-17(16)26(23,24)21-10-4-2-3-5-11-21/h6-7,12,15,19H,2-5,8-11,13H2,1H3,(H,20,22). The smallest absolute Gasteiger partial charge is 0.251 e. The number of amides is 1. The number of methoxy groups -OCH3 is 1. The lowest BCUT2D eigenvalue weighted by molar-refractivity contribution is 0.0940. The van der Waals surface area contributed by atoms with Gasteiger partial charge in [-0.2, -0.15) is 4.31 Å². The summed E-state index contributed by atoms with van der Waals surface area (Å²) in [5.41, 5.74) is 0.339. The van der Waals surface area contributed by atoms with Crippen molar-refractivity contribution in [2.24, 2.45) is 0 Å². The molecule has 0 aromatic heterocycles. The summed E-state index contributed by atoms with van der Waals surface area (Å²) >= 11 is 0. The molecule has 8 heteroatoms. The predicted molar refractivity (Wildman–Crippen MR) is 99.0 cm³/mol. The van der Waals surface area contributed by atoms with Crippen LogP contribution in [0.25, 0.3) is 0 Å². The number of nitrogens with one attached hydrogen (secondary N) is 2. The van der Waals surface area contributed by atoms with Gasteiger partial charge in [-0.25, -0.2) is 8.42 Å². The van der Waals surface area contributed by atoms with Gasteiger partial charge in [-0.3, -0.25) is 4.79 Å². The van der Waals surface area contributed by atoms with Gasteiger partial charge in [-0.05, 0) is 44.0 Å². The van der Waals surface area contributed by atoms with E-state index in [4.69, 9.17) is 4.74 Å². The van der Waals surface area contributed by atoms with Gasteiger partial charge in [0.15, 0.2) is 0 Å². The van der Waals surface area contributed by atoms with Crippen LogP contribution in [-0.4, -0.2) is 58.0 Å². The van der Waals surface area contributed by atoms with Gasteiger partial charge >= 0.3 is 0 Å². The Kier molecular flexibility index (Phi) is 6.16. The zero-order valence-electron chi connectivity index (χ0n) is 15.2. The van der Waals surface area contributed by atoms with Crippen molar-refractivity contribution >= 4 is 15.9 Å². The summed E-state index contributed by atoms with van der Waals surface area (Å²) < 4.78 is 33.1. The molecule has 0 radical (unpaired) electrons. The fourth-order valence-corrected chi connectivity index (χ4v) is 5.19.